The monoisotopic (exact) mass is 398 g/mol. The van der Waals surface area contributed by atoms with Gasteiger partial charge in [-0.1, -0.05) is 23.7 Å². The van der Waals surface area contributed by atoms with Gasteiger partial charge in [-0.2, -0.15) is 4.98 Å². The maximum Gasteiger partial charge on any atom is 0.297 e. The number of rotatable bonds is 4. The molecule has 0 aliphatic carbocycles. The number of amides is 1. The zero-order chi connectivity index (χ0) is 19.0. The predicted molar refractivity (Wildman–Crippen MR) is 105 cm³/mol. The van der Waals surface area contributed by atoms with Crippen molar-refractivity contribution in [2.45, 2.75) is 20.3 Å². The Bertz CT molecular complexity index is 1130. The van der Waals surface area contributed by atoms with Gasteiger partial charge in [0.1, 0.15) is 0 Å². The van der Waals surface area contributed by atoms with Crippen LogP contribution in [0.25, 0.3) is 5.78 Å². The van der Waals surface area contributed by atoms with E-state index in [2.05, 4.69) is 25.4 Å². The second-order valence-electron chi connectivity index (χ2n) is 6.08. The summed E-state index contributed by atoms with van der Waals surface area (Å²) < 4.78 is 1.55. The first-order chi connectivity index (χ1) is 13.0. The average molecular weight is 399 g/mol. The molecule has 0 unspecified atom stereocenters. The fraction of sp³-hybridized carbons (Fsp3) is 0.167. The van der Waals surface area contributed by atoms with Crippen LogP contribution in [0.15, 0.2) is 36.5 Å². The molecule has 1 amide bonds. The first-order valence-electron chi connectivity index (χ1n) is 8.19. The van der Waals surface area contributed by atoms with Gasteiger partial charge < -0.3 is 0 Å². The maximum absolute atomic E-state index is 12.5. The normalized spacial score (nSPS) is 11.1. The summed E-state index contributed by atoms with van der Waals surface area (Å²) in [6, 6.07) is 9.53. The molecule has 0 saturated carbocycles. The van der Waals surface area contributed by atoms with E-state index < -0.39 is 5.91 Å². The van der Waals surface area contributed by atoms with Gasteiger partial charge in [0.15, 0.2) is 5.13 Å². The molecule has 27 heavy (non-hydrogen) atoms. The molecule has 3 aromatic heterocycles. The number of aromatic nitrogens is 5. The fourth-order valence-corrected chi connectivity index (χ4v) is 3.63. The molecule has 3 heterocycles. The van der Waals surface area contributed by atoms with Crippen LogP contribution in [-0.4, -0.2) is 30.5 Å². The van der Waals surface area contributed by atoms with Crippen molar-refractivity contribution in [1.82, 2.24) is 24.6 Å². The Morgan fingerprint density at radius 3 is 2.78 bits per heavy atom. The number of halogens is 1. The molecule has 0 saturated heterocycles. The molecule has 0 aliphatic rings. The highest BCUT2D eigenvalue weighted by Gasteiger charge is 2.16. The quantitative estimate of drug-likeness (QED) is 0.566. The minimum absolute atomic E-state index is 0.0608. The van der Waals surface area contributed by atoms with Gasteiger partial charge in [-0.3, -0.25) is 10.1 Å². The topological polar surface area (TPSA) is 85.1 Å². The van der Waals surface area contributed by atoms with Crippen LogP contribution in [0.4, 0.5) is 5.13 Å². The van der Waals surface area contributed by atoms with E-state index in [1.165, 1.54) is 11.3 Å². The summed E-state index contributed by atoms with van der Waals surface area (Å²) >= 11 is 7.32. The van der Waals surface area contributed by atoms with E-state index in [1.807, 2.05) is 44.2 Å². The first kappa shape index (κ1) is 17.6. The fourth-order valence-electron chi connectivity index (χ4n) is 2.67. The van der Waals surface area contributed by atoms with E-state index in [1.54, 1.807) is 10.7 Å². The van der Waals surface area contributed by atoms with Gasteiger partial charge in [-0.05, 0) is 37.6 Å². The number of fused-ring (bicyclic) bond motifs is 1. The van der Waals surface area contributed by atoms with Crippen LogP contribution in [0.3, 0.4) is 0 Å². The van der Waals surface area contributed by atoms with Crippen molar-refractivity contribution < 1.29 is 4.79 Å². The van der Waals surface area contributed by atoms with E-state index in [9.17, 15) is 4.79 Å². The third-order valence-electron chi connectivity index (χ3n) is 3.89. The third kappa shape index (κ3) is 3.81. The van der Waals surface area contributed by atoms with E-state index in [4.69, 9.17) is 11.6 Å². The molecule has 7 nitrogen and oxygen atoms in total. The van der Waals surface area contributed by atoms with Crippen LogP contribution in [-0.2, 0) is 6.42 Å². The predicted octanol–water partition coefficient (Wildman–Crippen LogP) is 3.69. The Labute approximate surface area is 164 Å². The van der Waals surface area contributed by atoms with Crippen molar-refractivity contribution in [1.29, 1.82) is 0 Å². The summed E-state index contributed by atoms with van der Waals surface area (Å²) in [7, 11) is 0. The minimum atomic E-state index is -0.412. The zero-order valence-electron chi connectivity index (χ0n) is 14.6. The molecule has 136 valence electrons. The summed E-state index contributed by atoms with van der Waals surface area (Å²) in [4.78, 5) is 26.3. The van der Waals surface area contributed by atoms with Gasteiger partial charge in [-0.15, -0.1) is 16.4 Å². The minimum Gasteiger partial charge on any atom is -0.295 e. The van der Waals surface area contributed by atoms with Crippen LogP contribution < -0.4 is 5.32 Å². The van der Waals surface area contributed by atoms with E-state index in [0.717, 1.165) is 28.2 Å². The van der Waals surface area contributed by atoms with Crippen molar-refractivity contribution in [2.75, 3.05) is 5.32 Å². The van der Waals surface area contributed by atoms with Gasteiger partial charge >= 0.3 is 0 Å². The Morgan fingerprint density at radius 2 is 2.00 bits per heavy atom. The number of nitrogens with zero attached hydrogens (tertiary/aromatic N) is 5. The van der Waals surface area contributed by atoms with Gasteiger partial charge in [0, 0.05) is 33.9 Å². The number of hydrogen-bond donors (Lipinski definition) is 1. The van der Waals surface area contributed by atoms with Crippen LogP contribution >= 0.6 is 22.9 Å². The zero-order valence-corrected chi connectivity index (χ0v) is 16.2. The number of aryl methyl sites for hydroxylation is 2. The lowest BCUT2D eigenvalue weighted by Gasteiger charge is -1.98. The van der Waals surface area contributed by atoms with Gasteiger partial charge in [0.2, 0.25) is 5.82 Å². The van der Waals surface area contributed by atoms with E-state index in [0.29, 0.717) is 15.9 Å². The first-order valence-corrected chi connectivity index (χ1v) is 9.39. The molecular weight excluding hydrogens is 384 g/mol. The second-order valence-corrected chi connectivity index (χ2v) is 7.63. The van der Waals surface area contributed by atoms with Crippen LogP contribution in [0.5, 0.6) is 0 Å². The lowest BCUT2D eigenvalue weighted by molar-refractivity contribution is 0.101. The molecule has 0 aliphatic heterocycles. The number of anilines is 1. The molecule has 1 aromatic carbocycles. The van der Waals surface area contributed by atoms with Crippen LogP contribution in [0.2, 0.25) is 5.02 Å². The number of nitrogens with one attached hydrogen (secondary N) is 1. The maximum atomic E-state index is 12.5. The van der Waals surface area contributed by atoms with Crippen molar-refractivity contribution in [3.63, 3.8) is 0 Å². The molecule has 0 spiro atoms. The largest absolute Gasteiger partial charge is 0.297 e. The highest BCUT2D eigenvalue weighted by atomic mass is 35.5. The van der Waals surface area contributed by atoms with Crippen LogP contribution in [0, 0.1) is 13.8 Å². The molecule has 4 rings (SSSR count). The molecule has 4 aromatic rings. The SMILES string of the molecule is Cc1cc(C)n2nc(C(=O)Nc3ncc(Cc4ccc(Cl)cc4)s3)nc2n1. The van der Waals surface area contributed by atoms with Gasteiger partial charge in [0.05, 0.1) is 0 Å². The molecule has 1 N–H and O–H groups in total. The molecular formula is C18H15ClN6OS. The van der Waals surface area contributed by atoms with Crippen molar-refractivity contribution in [2.24, 2.45) is 0 Å². The summed E-state index contributed by atoms with van der Waals surface area (Å²) in [5.74, 6) is 0.0517. The third-order valence-corrected chi connectivity index (χ3v) is 5.05. The Kier molecular flexibility index (Phi) is 4.59. The number of carbonyl (C=O) groups excluding carboxylic acids is 1. The van der Waals surface area contributed by atoms with Gasteiger partial charge in [-0.25, -0.2) is 14.5 Å². The highest BCUT2D eigenvalue weighted by Crippen LogP contribution is 2.22. The Hall–Kier alpha value is -2.84. The standard InChI is InChI=1S/C18H15ClN6OS/c1-10-7-11(2)25-17(21-10)22-15(24-25)16(26)23-18-20-9-14(27-18)8-12-3-5-13(19)6-4-12/h3-7,9H,8H2,1-2H3,(H,20,23,26). The molecule has 0 radical (unpaired) electrons. The molecule has 0 bridgehead atoms. The summed E-state index contributed by atoms with van der Waals surface area (Å²) in [5.41, 5.74) is 2.81. The molecule has 9 heteroatoms. The Balaban J connectivity index is 1.49. The number of thiazole rings is 1. The summed E-state index contributed by atoms with van der Waals surface area (Å²) in [6.07, 6.45) is 2.47. The van der Waals surface area contributed by atoms with E-state index in [-0.39, 0.29) is 5.82 Å². The van der Waals surface area contributed by atoms with Crippen molar-refractivity contribution in [3.8, 4) is 0 Å². The average Bonchev–Trinajstić information content (AvgIpc) is 3.24. The number of benzene rings is 1. The lowest BCUT2D eigenvalue weighted by atomic mass is 10.1. The second kappa shape index (κ2) is 7.05. The lowest BCUT2D eigenvalue weighted by Crippen LogP contribution is -2.13. The number of carbonyl (C=O) groups is 1. The molecule has 0 atom stereocenters. The Morgan fingerprint density at radius 1 is 1.22 bits per heavy atom. The highest BCUT2D eigenvalue weighted by molar-refractivity contribution is 7.15. The van der Waals surface area contributed by atoms with E-state index >= 15 is 0 Å². The smallest absolute Gasteiger partial charge is 0.295 e. The molecule has 0 fully saturated rings. The van der Waals surface area contributed by atoms with Gasteiger partial charge in [0.25, 0.3) is 11.7 Å². The summed E-state index contributed by atoms with van der Waals surface area (Å²) in [5, 5.41) is 8.19. The van der Waals surface area contributed by atoms with Crippen molar-refractivity contribution in [3.05, 3.63) is 69.2 Å². The van der Waals surface area contributed by atoms with Crippen LogP contribution in [0.1, 0.15) is 32.4 Å². The number of hydrogen-bond acceptors (Lipinski definition) is 6. The summed E-state index contributed by atoms with van der Waals surface area (Å²) in [6.45, 7) is 3.76. The van der Waals surface area contributed by atoms with Crippen molar-refractivity contribution >= 4 is 39.8 Å².